The van der Waals surface area contributed by atoms with Gasteiger partial charge in [-0.25, -0.2) is 0 Å². The molecule has 1 amide bonds. The van der Waals surface area contributed by atoms with E-state index in [9.17, 15) is 14.9 Å². The summed E-state index contributed by atoms with van der Waals surface area (Å²) in [6, 6.07) is 8.24. The normalized spacial score (nSPS) is 20.2. The molecule has 5 rings (SSSR count). The van der Waals surface area contributed by atoms with Gasteiger partial charge in [-0.2, -0.15) is 15.1 Å². The standard InChI is InChI=1S/C23H22N6O3S/c1-14-9-10-17(29(31)32)13-19(14)27-11-5-8-16(27)12-18-20(24)28-23(25-21(18)30)33-22(26-28)15-6-3-2-4-7-15/h5,8-13,15,24H,2-4,6-7H2,1H3/b18-12+,24-20?. The van der Waals surface area contributed by atoms with Gasteiger partial charge in [0.25, 0.3) is 11.6 Å². The molecule has 0 atom stereocenters. The molecule has 3 aliphatic rings. The monoisotopic (exact) mass is 462 g/mol. The number of amides is 1. The second-order valence-corrected chi connectivity index (χ2v) is 9.31. The van der Waals surface area contributed by atoms with E-state index < -0.39 is 10.8 Å². The molecule has 1 aliphatic carbocycles. The molecule has 1 fully saturated rings. The number of nitrogens with one attached hydrogen (secondary N) is 1. The number of fused-ring (bicyclic) bond motifs is 1. The largest absolute Gasteiger partial charge is 0.317 e. The maximum Gasteiger partial charge on any atom is 0.283 e. The maximum atomic E-state index is 12.8. The molecule has 10 heteroatoms. The van der Waals surface area contributed by atoms with Crippen LogP contribution in [0.3, 0.4) is 0 Å². The third kappa shape index (κ3) is 3.91. The molecule has 0 unspecified atom stereocenters. The smallest absolute Gasteiger partial charge is 0.283 e. The highest BCUT2D eigenvalue weighted by atomic mass is 32.2. The Morgan fingerprint density at radius 1 is 1.24 bits per heavy atom. The van der Waals surface area contributed by atoms with Crippen LogP contribution in [0.2, 0.25) is 0 Å². The lowest BCUT2D eigenvalue weighted by molar-refractivity contribution is -0.384. The average Bonchev–Trinajstić information content (AvgIpc) is 3.44. The molecule has 33 heavy (non-hydrogen) atoms. The van der Waals surface area contributed by atoms with E-state index in [1.807, 2.05) is 6.92 Å². The fraction of sp³-hybridized carbons (Fsp3) is 0.304. The molecule has 2 aromatic rings. The zero-order valence-electron chi connectivity index (χ0n) is 18.0. The number of nitro benzene ring substituents is 1. The fourth-order valence-corrected chi connectivity index (χ4v) is 5.43. The summed E-state index contributed by atoms with van der Waals surface area (Å²) in [5.41, 5.74) is 2.22. The van der Waals surface area contributed by atoms with Gasteiger partial charge in [-0.15, -0.1) is 0 Å². The summed E-state index contributed by atoms with van der Waals surface area (Å²) in [5, 5.41) is 27.4. The van der Waals surface area contributed by atoms with Crippen molar-refractivity contribution in [1.82, 2.24) is 9.58 Å². The first-order valence-corrected chi connectivity index (χ1v) is 11.7. The van der Waals surface area contributed by atoms with Crippen molar-refractivity contribution in [2.45, 2.75) is 39.0 Å². The number of nitro groups is 1. The molecule has 168 valence electrons. The van der Waals surface area contributed by atoms with Crippen LogP contribution in [0.15, 0.2) is 52.2 Å². The summed E-state index contributed by atoms with van der Waals surface area (Å²) in [7, 11) is 0. The van der Waals surface area contributed by atoms with E-state index in [0.717, 1.165) is 23.4 Å². The third-order valence-corrected chi connectivity index (χ3v) is 7.23. The minimum absolute atomic E-state index is 0.00757. The Balaban J connectivity index is 1.49. The summed E-state index contributed by atoms with van der Waals surface area (Å²) in [6.45, 7) is 1.86. The predicted molar refractivity (Wildman–Crippen MR) is 129 cm³/mol. The molecule has 1 aromatic carbocycles. The van der Waals surface area contributed by atoms with Crippen LogP contribution < -0.4 is 0 Å². The Morgan fingerprint density at radius 3 is 2.79 bits per heavy atom. The second-order valence-electron chi connectivity index (χ2n) is 8.32. The van der Waals surface area contributed by atoms with E-state index in [2.05, 4.69) is 10.1 Å². The zero-order chi connectivity index (χ0) is 23.1. The van der Waals surface area contributed by atoms with Crippen molar-refractivity contribution < 1.29 is 9.72 Å². The molecule has 2 aliphatic heterocycles. The number of rotatable bonds is 4. The minimum Gasteiger partial charge on any atom is -0.317 e. The van der Waals surface area contributed by atoms with Gasteiger partial charge in [0.05, 0.1) is 16.2 Å². The van der Waals surface area contributed by atoms with Gasteiger partial charge in [-0.05, 0) is 55.3 Å². The Hall–Kier alpha value is -3.53. The van der Waals surface area contributed by atoms with E-state index in [0.29, 0.717) is 22.5 Å². The second kappa shape index (κ2) is 8.43. The summed E-state index contributed by atoms with van der Waals surface area (Å²) < 4.78 is 1.77. The van der Waals surface area contributed by atoms with Crippen LogP contribution in [-0.4, -0.2) is 36.5 Å². The lowest BCUT2D eigenvalue weighted by Gasteiger charge is -2.20. The van der Waals surface area contributed by atoms with E-state index >= 15 is 0 Å². The number of nitrogens with zero attached hydrogens (tertiary/aromatic N) is 5. The number of hydrogen-bond donors (Lipinski definition) is 1. The summed E-state index contributed by atoms with van der Waals surface area (Å²) >= 11 is 1.39. The zero-order valence-corrected chi connectivity index (χ0v) is 18.8. The number of hydrazone groups is 1. The Bertz CT molecular complexity index is 1270. The Morgan fingerprint density at radius 2 is 2.03 bits per heavy atom. The Kier molecular flexibility index (Phi) is 5.45. The van der Waals surface area contributed by atoms with Gasteiger partial charge in [-0.3, -0.25) is 20.3 Å². The molecule has 0 saturated heterocycles. The van der Waals surface area contributed by atoms with E-state index in [1.165, 1.54) is 48.2 Å². The van der Waals surface area contributed by atoms with Crippen molar-refractivity contribution in [3.8, 4) is 5.69 Å². The summed E-state index contributed by atoms with van der Waals surface area (Å²) in [5.74, 6) is -0.129. The fourth-order valence-electron chi connectivity index (χ4n) is 4.37. The van der Waals surface area contributed by atoms with Crippen molar-refractivity contribution in [2.75, 3.05) is 0 Å². The number of thioether (sulfide) groups is 1. The summed E-state index contributed by atoms with van der Waals surface area (Å²) in [4.78, 5) is 27.8. The van der Waals surface area contributed by atoms with Crippen LogP contribution in [0, 0.1) is 28.4 Å². The quantitative estimate of drug-likeness (QED) is 0.394. The van der Waals surface area contributed by atoms with Crippen LogP contribution in [0.4, 0.5) is 5.69 Å². The molecule has 0 spiro atoms. The molecule has 3 heterocycles. The molecule has 0 radical (unpaired) electrons. The maximum absolute atomic E-state index is 12.8. The number of hydrogen-bond acceptors (Lipinski definition) is 6. The van der Waals surface area contributed by atoms with Gasteiger partial charge in [0, 0.05) is 29.9 Å². The molecular formula is C23H22N6O3S. The van der Waals surface area contributed by atoms with Crippen molar-refractivity contribution in [1.29, 1.82) is 5.41 Å². The number of benzene rings is 1. The number of aliphatic imine (C=N–C) groups is 1. The highest BCUT2D eigenvalue weighted by molar-refractivity contribution is 8.27. The molecule has 1 saturated carbocycles. The van der Waals surface area contributed by atoms with Crippen molar-refractivity contribution >= 4 is 45.5 Å². The van der Waals surface area contributed by atoms with Gasteiger partial charge < -0.3 is 4.57 Å². The highest BCUT2D eigenvalue weighted by Gasteiger charge is 2.38. The first-order chi connectivity index (χ1) is 15.9. The molecular weight excluding hydrogens is 440 g/mol. The van der Waals surface area contributed by atoms with Gasteiger partial charge in [0.15, 0.2) is 5.84 Å². The first-order valence-electron chi connectivity index (χ1n) is 10.9. The van der Waals surface area contributed by atoms with Crippen LogP contribution in [-0.2, 0) is 4.79 Å². The van der Waals surface area contributed by atoms with Crippen LogP contribution >= 0.6 is 11.8 Å². The highest BCUT2D eigenvalue weighted by Crippen LogP contribution is 2.36. The topological polar surface area (TPSA) is 117 Å². The summed E-state index contributed by atoms with van der Waals surface area (Å²) in [6.07, 6.45) is 9.11. The average molecular weight is 463 g/mol. The van der Waals surface area contributed by atoms with E-state index in [-0.39, 0.29) is 17.1 Å². The van der Waals surface area contributed by atoms with Gasteiger partial charge in [0.1, 0.15) is 5.04 Å². The van der Waals surface area contributed by atoms with Crippen LogP contribution in [0.5, 0.6) is 0 Å². The number of aromatic nitrogens is 1. The lowest BCUT2D eigenvalue weighted by atomic mass is 9.90. The number of aryl methyl sites for hydroxylation is 1. The van der Waals surface area contributed by atoms with Crippen LogP contribution in [0.25, 0.3) is 11.8 Å². The van der Waals surface area contributed by atoms with E-state index in [4.69, 9.17) is 5.41 Å². The van der Waals surface area contributed by atoms with E-state index in [1.54, 1.807) is 35.0 Å². The number of amidine groups is 2. The SMILES string of the molecule is Cc1ccc([N+](=O)[O-])cc1-n1cccc1/C=C1\C(=N)N2N=C(C3CCCCC3)SC2=NC1=O. The molecule has 1 N–H and O–H groups in total. The van der Waals surface area contributed by atoms with Gasteiger partial charge in [0.2, 0.25) is 5.17 Å². The number of non-ortho nitro benzene ring substituents is 1. The van der Waals surface area contributed by atoms with Crippen molar-refractivity contribution in [3.63, 3.8) is 0 Å². The predicted octanol–water partition coefficient (Wildman–Crippen LogP) is 4.89. The molecule has 1 aromatic heterocycles. The minimum atomic E-state index is -0.484. The van der Waals surface area contributed by atoms with Crippen molar-refractivity contribution in [2.24, 2.45) is 16.0 Å². The van der Waals surface area contributed by atoms with Crippen molar-refractivity contribution in [3.05, 3.63) is 63.5 Å². The van der Waals surface area contributed by atoms with Crippen LogP contribution in [0.1, 0.15) is 43.4 Å². The molecule has 0 bridgehead atoms. The van der Waals surface area contributed by atoms with Gasteiger partial charge >= 0.3 is 0 Å². The lowest BCUT2D eigenvalue weighted by Crippen LogP contribution is -2.35. The first kappa shape index (κ1) is 21.3. The Labute approximate surface area is 194 Å². The number of carbonyl (C=O) groups excluding carboxylic acids is 1. The third-order valence-electron chi connectivity index (χ3n) is 6.16. The van der Waals surface area contributed by atoms with Gasteiger partial charge in [-0.1, -0.05) is 25.3 Å². The number of carbonyl (C=O) groups is 1. The molecule has 9 nitrogen and oxygen atoms in total.